The zero-order chi connectivity index (χ0) is 33.7. The van der Waals surface area contributed by atoms with Crippen molar-refractivity contribution >= 4 is 23.9 Å². The minimum atomic E-state index is -2.05. The first-order valence-corrected chi connectivity index (χ1v) is 15.3. The molecule has 3 rings (SSSR count). The predicted molar refractivity (Wildman–Crippen MR) is 177 cm³/mol. The number of primary amides is 2. The summed E-state index contributed by atoms with van der Waals surface area (Å²) in [6.07, 6.45) is -1.87. The van der Waals surface area contributed by atoms with Crippen molar-refractivity contribution in [3.63, 3.8) is 0 Å². The van der Waals surface area contributed by atoms with Crippen molar-refractivity contribution in [2.45, 2.75) is 76.2 Å². The van der Waals surface area contributed by atoms with Gasteiger partial charge in [-0.05, 0) is 50.3 Å². The number of nitrogens with one attached hydrogen (secondary N) is 3. The van der Waals surface area contributed by atoms with Crippen LogP contribution in [0.1, 0.15) is 50.3 Å². The molecule has 3 atom stereocenters. The molecule has 8 N–H and O–H groups in total. The van der Waals surface area contributed by atoms with E-state index in [-0.39, 0.29) is 19.5 Å². The highest BCUT2D eigenvalue weighted by Gasteiger charge is 2.45. The Morgan fingerprint density at radius 3 is 1.80 bits per heavy atom. The van der Waals surface area contributed by atoms with Crippen molar-refractivity contribution in [3.05, 3.63) is 108 Å². The summed E-state index contributed by atoms with van der Waals surface area (Å²) in [7, 11) is 0. The molecule has 0 heterocycles. The fourth-order valence-electron chi connectivity index (χ4n) is 5.26. The third-order valence-corrected chi connectivity index (χ3v) is 7.51. The van der Waals surface area contributed by atoms with Gasteiger partial charge in [0.1, 0.15) is 5.54 Å². The number of aliphatic hydroxyl groups is 1. The van der Waals surface area contributed by atoms with Gasteiger partial charge in [-0.3, -0.25) is 9.59 Å². The van der Waals surface area contributed by atoms with Gasteiger partial charge in [-0.1, -0.05) is 91.0 Å². The van der Waals surface area contributed by atoms with Gasteiger partial charge in [-0.25, -0.2) is 9.59 Å². The van der Waals surface area contributed by atoms with Gasteiger partial charge in [0.2, 0.25) is 11.8 Å². The normalized spacial score (nSPS) is 13.8. The summed E-state index contributed by atoms with van der Waals surface area (Å²) in [6, 6.07) is 25.9. The quantitative estimate of drug-likeness (QED) is 0.151. The Morgan fingerprint density at radius 2 is 1.30 bits per heavy atom. The van der Waals surface area contributed by atoms with Gasteiger partial charge in [0, 0.05) is 25.0 Å². The second-order valence-corrected chi connectivity index (χ2v) is 12.5. The van der Waals surface area contributed by atoms with Crippen LogP contribution in [-0.4, -0.2) is 63.7 Å². The van der Waals surface area contributed by atoms with E-state index in [4.69, 9.17) is 11.5 Å². The zero-order valence-electron chi connectivity index (χ0n) is 26.7. The summed E-state index contributed by atoms with van der Waals surface area (Å²) in [4.78, 5) is 53.8. The SMILES string of the molecule is CC(C)(C)NC(=O)N(CCc1ccccc1)C(Cc1ccccc1)C(O)CC(CC(N)=O)(NC(=O)NCc1ccccc1)C(N)=O. The van der Waals surface area contributed by atoms with Crippen LogP contribution in [0.15, 0.2) is 91.0 Å². The summed E-state index contributed by atoms with van der Waals surface area (Å²) >= 11 is 0. The van der Waals surface area contributed by atoms with E-state index in [1.165, 1.54) is 0 Å². The second-order valence-electron chi connectivity index (χ2n) is 12.5. The van der Waals surface area contributed by atoms with Crippen LogP contribution in [0.5, 0.6) is 0 Å². The molecule has 246 valence electrons. The van der Waals surface area contributed by atoms with Crippen molar-refractivity contribution in [1.82, 2.24) is 20.9 Å². The van der Waals surface area contributed by atoms with Gasteiger partial charge in [0.05, 0.1) is 18.6 Å². The lowest BCUT2D eigenvalue weighted by molar-refractivity contribution is -0.131. The minimum absolute atomic E-state index is 0.136. The van der Waals surface area contributed by atoms with E-state index in [2.05, 4.69) is 16.0 Å². The highest BCUT2D eigenvalue weighted by Crippen LogP contribution is 2.25. The van der Waals surface area contributed by atoms with Gasteiger partial charge in [-0.15, -0.1) is 0 Å². The van der Waals surface area contributed by atoms with Crippen molar-refractivity contribution in [3.8, 4) is 0 Å². The number of amides is 6. The van der Waals surface area contributed by atoms with Gasteiger partial charge in [-0.2, -0.15) is 0 Å². The minimum Gasteiger partial charge on any atom is -0.391 e. The number of nitrogens with two attached hydrogens (primary N) is 2. The lowest BCUT2D eigenvalue weighted by atomic mass is 9.83. The maximum absolute atomic E-state index is 13.8. The van der Waals surface area contributed by atoms with E-state index >= 15 is 0 Å². The van der Waals surface area contributed by atoms with E-state index in [0.29, 0.717) is 6.42 Å². The number of aliphatic hydroxyl groups excluding tert-OH is 1. The summed E-state index contributed by atoms with van der Waals surface area (Å²) < 4.78 is 0. The number of carbonyl (C=O) groups is 4. The molecule has 0 saturated heterocycles. The van der Waals surface area contributed by atoms with Crippen LogP contribution in [0, 0.1) is 0 Å². The van der Waals surface area contributed by atoms with Crippen LogP contribution in [0.3, 0.4) is 0 Å². The molecule has 46 heavy (non-hydrogen) atoms. The maximum Gasteiger partial charge on any atom is 0.318 e. The van der Waals surface area contributed by atoms with Crippen molar-refractivity contribution in [2.24, 2.45) is 11.5 Å². The molecular weight excluding hydrogens is 584 g/mol. The van der Waals surface area contributed by atoms with E-state index < -0.39 is 59.9 Å². The van der Waals surface area contributed by atoms with Crippen LogP contribution < -0.4 is 27.4 Å². The highest BCUT2D eigenvalue weighted by atomic mass is 16.3. The molecular formula is C35H46N6O5. The van der Waals surface area contributed by atoms with E-state index in [9.17, 15) is 24.3 Å². The van der Waals surface area contributed by atoms with Crippen molar-refractivity contribution in [2.75, 3.05) is 6.54 Å². The number of hydrogen-bond donors (Lipinski definition) is 6. The number of benzene rings is 3. The van der Waals surface area contributed by atoms with Crippen molar-refractivity contribution in [1.29, 1.82) is 0 Å². The fourth-order valence-corrected chi connectivity index (χ4v) is 5.26. The molecule has 3 unspecified atom stereocenters. The number of hydrogen-bond acceptors (Lipinski definition) is 5. The molecule has 0 spiro atoms. The van der Waals surface area contributed by atoms with Crippen LogP contribution in [-0.2, 0) is 29.0 Å². The lowest BCUT2D eigenvalue weighted by Gasteiger charge is -2.40. The fraction of sp³-hybridized carbons (Fsp3) is 0.371. The molecule has 0 saturated carbocycles. The van der Waals surface area contributed by atoms with E-state index in [1.807, 2.05) is 112 Å². The molecule has 0 aliphatic carbocycles. The predicted octanol–water partition coefficient (Wildman–Crippen LogP) is 3.00. The molecule has 6 amide bonds. The first-order chi connectivity index (χ1) is 21.8. The maximum atomic E-state index is 13.8. The summed E-state index contributed by atoms with van der Waals surface area (Å²) in [5, 5.41) is 20.1. The summed E-state index contributed by atoms with van der Waals surface area (Å²) in [5.41, 5.74) is 11.4. The first-order valence-electron chi connectivity index (χ1n) is 15.3. The van der Waals surface area contributed by atoms with Crippen LogP contribution in [0.4, 0.5) is 9.59 Å². The molecule has 0 aromatic heterocycles. The largest absolute Gasteiger partial charge is 0.391 e. The number of nitrogens with zero attached hydrogens (tertiary/aromatic N) is 1. The monoisotopic (exact) mass is 630 g/mol. The molecule has 0 radical (unpaired) electrons. The molecule has 3 aromatic rings. The average molecular weight is 631 g/mol. The molecule has 0 aliphatic rings. The van der Waals surface area contributed by atoms with Crippen molar-refractivity contribution < 1.29 is 24.3 Å². The molecule has 3 aromatic carbocycles. The Bertz CT molecular complexity index is 1430. The standard InChI is InChI=1S/C35H46N6O5/c1-34(2,3)40-33(46)41(20-19-25-13-7-4-8-14-25)28(21-26-15-9-5-10-16-26)29(42)22-35(31(37)44,23-30(36)43)39-32(45)38-24-27-17-11-6-12-18-27/h4-18,28-29,42H,19-24H2,1-3H3,(H2,36,43)(H2,37,44)(H,40,46)(H2,38,39,45). The number of rotatable bonds is 15. The molecule has 0 fully saturated rings. The second kappa shape index (κ2) is 16.4. The van der Waals surface area contributed by atoms with E-state index in [1.54, 1.807) is 4.90 Å². The topological polar surface area (TPSA) is 180 Å². The third kappa shape index (κ3) is 11.2. The average Bonchev–Trinajstić information content (AvgIpc) is 2.99. The smallest absolute Gasteiger partial charge is 0.318 e. The Balaban J connectivity index is 1.98. The third-order valence-electron chi connectivity index (χ3n) is 7.51. The van der Waals surface area contributed by atoms with Gasteiger partial charge < -0.3 is 37.4 Å². The zero-order valence-corrected chi connectivity index (χ0v) is 26.7. The Labute approximate surface area is 270 Å². The highest BCUT2D eigenvalue weighted by molar-refractivity contribution is 5.94. The summed E-state index contributed by atoms with van der Waals surface area (Å²) in [5.74, 6) is -1.95. The number of urea groups is 2. The number of carbonyl (C=O) groups excluding carboxylic acids is 4. The Kier molecular flexibility index (Phi) is 12.7. The lowest BCUT2D eigenvalue weighted by Crippen LogP contribution is -2.64. The Morgan fingerprint density at radius 1 is 0.783 bits per heavy atom. The molecule has 0 bridgehead atoms. The van der Waals surface area contributed by atoms with Gasteiger partial charge in [0.25, 0.3) is 0 Å². The van der Waals surface area contributed by atoms with Crippen LogP contribution in [0.2, 0.25) is 0 Å². The molecule has 11 heteroatoms. The van der Waals surface area contributed by atoms with E-state index in [0.717, 1.165) is 16.7 Å². The Hall–Kier alpha value is -4.90. The van der Waals surface area contributed by atoms with Crippen LogP contribution in [0.25, 0.3) is 0 Å². The van der Waals surface area contributed by atoms with Gasteiger partial charge in [0.15, 0.2) is 0 Å². The summed E-state index contributed by atoms with van der Waals surface area (Å²) in [6.45, 7) is 5.92. The first kappa shape index (κ1) is 35.6. The van der Waals surface area contributed by atoms with Gasteiger partial charge >= 0.3 is 12.1 Å². The molecule has 0 aliphatic heterocycles. The van der Waals surface area contributed by atoms with Crippen LogP contribution >= 0.6 is 0 Å². The molecule has 11 nitrogen and oxygen atoms in total.